The number of carbonyl (C=O) groups is 1. The monoisotopic (exact) mass is 501 g/mol. The molecule has 2 heterocycles. The van der Waals surface area contributed by atoms with Gasteiger partial charge in [-0.1, -0.05) is 53.8 Å². The smallest absolute Gasteiger partial charge is 0.270 e. The van der Waals surface area contributed by atoms with Crippen LogP contribution in [-0.4, -0.2) is 60.0 Å². The second-order valence-electron chi connectivity index (χ2n) is 8.85. The molecule has 1 aliphatic heterocycles. The number of nitrogens with zero attached hydrogens (tertiary/aromatic N) is 4. The first-order chi connectivity index (χ1) is 17.5. The molecule has 1 N–H and O–H groups in total. The Balaban J connectivity index is 1.07. The molecule has 0 aliphatic carbocycles. The minimum atomic E-state index is -0.378. The van der Waals surface area contributed by atoms with E-state index in [9.17, 15) is 14.9 Å². The number of nitro groups is 1. The fraction of sp³-hybridized carbons (Fsp3) is 0.259. The molecule has 1 aliphatic rings. The molecule has 36 heavy (non-hydrogen) atoms. The van der Waals surface area contributed by atoms with E-state index in [0.717, 1.165) is 54.5 Å². The molecule has 3 aromatic carbocycles. The summed E-state index contributed by atoms with van der Waals surface area (Å²) in [6.07, 6.45) is 0.853. The average molecular weight is 502 g/mol. The molecule has 4 aromatic rings. The van der Waals surface area contributed by atoms with E-state index in [1.54, 1.807) is 12.1 Å². The van der Waals surface area contributed by atoms with Crippen molar-refractivity contribution in [2.45, 2.75) is 6.42 Å². The summed E-state index contributed by atoms with van der Waals surface area (Å²) in [7, 11) is 0. The lowest BCUT2D eigenvalue weighted by Gasteiger charge is -2.34. The van der Waals surface area contributed by atoms with Gasteiger partial charge in [-0.2, -0.15) is 0 Å². The van der Waals surface area contributed by atoms with Crippen molar-refractivity contribution >= 4 is 38.3 Å². The standard InChI is InChI=1S/C27H27N5O3S/c33-26(22-8-6-21(7-9-22)18-20-4-2-1-3-5-20)28-12-13-30-14-16-31(17-15-30)27-29-24-11-10-23(32(34)35)19-25(24)36-27/h1-11,19H,12-18H2,(H,28,33). The first kappa shape index (κ1) is 23.9. The molecule has 5 rings (SSSR count). The minimum Gasteiger partial charge on any atom is -0.351 e. The third-order valence-corrected chi connectivity index (χ3v) is 7.47. The van der Waals surface area contributed by atoms with Gasteiger partial charge in [0.15, 0.2) is 5.13 Å². The number of benzene rings is 3. The van der Waals surface area contributed by atoms with Crippen LogP contribution in [0, 0.1) is 10.1 Å². The number of hydrogen-bond acceptors (Lipinski definition) is 7. The van der Waals surface area contributed by atoms with Crippen LogP contribution in [0.5, 0.6) is 0 Å². The number of thiazole rings is 1. The SMILES string of the molecule is O=C(NCCN1CCN(c2nc3ccc([N+](=O)[O-])cc3s2)CC1)c1ccc(Cc2ccccc2)cc1. The maximum Gasteiger partial charge on any atom is 0.270 e. The van der Waals surface area contributed by atoms with Crippen molar-refractivity contribution in [2.24, 2.45) is 0 Å². The number of amides is 1. The van der Waals surface area contributed by atoms with Crippen LogP contribution < -0.4 is 10.2 Å². The van der Waals surface area contributed by atoms with Crippen molar-refractivity contribution in [3.05, 3.63) is 99.6 Å². The Morgan fingerprint density at radius 3 is 2.42 bits per heavy atom. The highest BCUT2D eigenvalue weighted by Gasteiger charge is 2.20. The van der Waals surface area contributed by atoms with Gasteiger partial charge in [0, 0.05) is 57.0 Å². The predicted octanol–water partition coefficient (Wildman–Crippen LogP) is 4.35. The Bertz CT molecular complexity index is 1350. The van der Waals surface area contributed by atoms with E-state index in [1.807, 2.05) is 42.5 Å². The molecule has 0 bridgehead atoms. The zero-order valence-corrected chi connectivity index (χ0v) is 20.6. The van der Waals surface area contributed by atoms with Crippen molar-refractivity contribution in [2.75, 3.05) is 44.2 Å². The van der Waals surface area contributed by atoms with Gasteiger partial charge in [-0.05, 0) is 35.7 Å². The van der Waals surface area contributed by atoms with Crippen molar-refractivity contribution in [3.8, 4) is 0 Å². The number of piperazine rings is 1. The summed E-state index contributed by atoms with van der Waals surface area (Å²) in [4.78, 5) is 32.4. The molecular formula is C27H27N5O3S. The van der Waals surface area contributed by atoms with Crippen LogP contribution in [0.1, 0.15) is 21.5 Å². The van der Waals surface area contributed by atoms with Gasteiger partial charge in [-0.25, -0.2) is 4.98 Å². The molecule has 1 amide bonds. The number of rotatable bonds is 8. The number of nitrogens with one attached hydrogen (secondary N) is 1. The number of hydrogen-bond donors (Lipinski definition) is 1. The molecule has 184 valence electrons. The van der Waals surface area contributed by atoms with E-state index in [-0.39, 0.29) is 16.5 Å². The highest BCUT2D eigenvalue weighted by Crippen LogP contribution is 2.31. The Kier molecular flexibility index (Phi) is 7.20. The first-order valence-corrected chi connectivity index (χ1v) is 12.8. The van der Waals surface area contributed by atoms with Gasteiger partial charge in [0.25, 0.3) is 11.6 Å². The van der Waals surface area contributed by atoms with Gasteiger partial charge in [0.2, 0.25) is 0 Å². The van der Waals surface area contributed by atoms with Gasteiger partial charge < -0.3 is 10.2 Å². The minimum absolute atomic E-state index is 0.0523. The molecule has 0 radical (unpaired) electrons. The third-order valence-electron chi connectivity index (χ3n) is 6.40. The molecular weight excluding hydrogens is 474 g/mol. The van der Waals surface area contributed by atoms with Crippen LogP contribution in [0.4, 0.5) is 10.8 Å². The summed E-state index contributed by atoms with van der Waals surface area (Å²) < 4.78 is 0.831. The molecule has 9 heteroatoms. The fourth-order valence-electron chi connectivity index (χ4n) is 4.35. The average Bonchev–Trinajstić information content (AvgIpc) is 3.33. The molecule has 1 aromatic heterocycles. The predicted molar refractivity (Wildman–Crippen MR) is 143 cm³/mol. The second-order valence-corrected chi connectivity index (χ2v) is 9.86. The maximum atomic E-state index is 12.6. The fourth-order valence-corrected chi connectivity index (χ4v) is 5.40. The van der Waals surface area contributed by atoms with Crippen molar-refractivity contribution in [1.29, 1.82) is 0 Å². The van der Waals surface area contributed by atoms with Gasteiger partial charge >= 0.3 is 0 Å². The maximum absolute atomic E-state index is 12.6. The van der Waals surface area contributed by atoms with E-state index in [4.69, 9.17) is 0 Å². The zero-order chi connectivity index (χ0) is 24.9. The molecule has 1 saturated heterocycles. The summed E-state index contributed by atoms with van der Waals surface area (Å²) in [5.74, 6) is -0.0523. The summed E-state index contributed by atoms with van der Waals surface area (Å²) >= 11 is 1.49. The number of fused-ring (bicyclic) bond motifs is 1. The lowest BCUT2D eigenvalue weighted by Crippen LogP contribution is -2.48. The van der Waals surface area contributed by atoms with E-state index in [1.165, 1.54) is 28.5 Å². The molecule has 0 saturated carbocycles. The number of non-ortho nitro benzene ring substituents is 1. The quantitative estimate of drug-likeness (QED) is 0.285. The van der Waals surface area contributed by atoms with Crippen molar-refractivity contribution in [1.82, 2.24) is 15.2 Å². The summed E-state index contributed by atoms with van der Waals surface area (Å²) in [5, 5.41) is 14.9. The van der Waals surface area contributed by atoms with E-state index >= 15 is 0 Å². The van der Waals surface area contributed by atoms with Crippen LogP contribution in [0.2, 0.25) is 0 Å². The molecule has 0 unspecified atom stereocenters. The van der Waals surface area contributed by atoms with Crippen LogP contribution in [-0.2, 0) is 6.42 Å². The summed E-state index contributed by atoms with van der Waals surface area (Å²) in [6.45, 7) is 4.80. The molecule has 0 spiro atoms. The van der Waals surface area contributed by atoms with Gasteiger partial charge in [-0.15, -0.1) is 0 Å². The Hall–Kier alpha value is -3.82. The highest BCUT2D eigenvalue weighted by molar-refractivity contribution is 7.22. The summed E-state index contributed by atoms with van der Waals surface area (Å²) in [6, 6.07) is 22.9. The number of nitro benzene ring substituents is 1. The van der Waals surface area contributed by atoms with E-state index in [2.05, 4.69) is 32.2 Å². The largest absolute Gasteiger partial charge is 0.351 e. The van der Waals surface area contributed by atoms with E-state index in [0.29, 0.717) is 12.1 Å². The Labute approximate surface area is 213 Å². The van der Waals surface area contributed by atoms with Crippen LogP contribution in [0.25, 0.3) is 10.2 Å². The summed E-state index contributed by atoms with van der Waals surface area (Å²) in [5.41, 5.74) is 3.99. The highest BCUT2D eigenvalue weighted by atomic mass is 32.1. The normalized spacial score (nSPS) is 14.2. The lowest BCUT2D eigenvalue weighted by molar-refractivity contribution is -0.384. The lowest BCUT2D eigenvalue weighted by atomic mass is 10.0. The number of carbonyl (C=O) groups excluding carboxylic acids is 1. The molecule has 1 fully saturated rings. The number of anilines is 1. The van der Waals surface area contributed by atoms with Gasteiger partial charge in [0.1, 0.15) is 0 Å². The van der Waals surface area contributed by atoms with Crippen LogP contribution in [0.15, 0.2) is 72.8 Å². The van der Waals surface area contributed by atoms with Gasteiger partial charge in [0.05, 0.1) is 15.1 Å². The Morgan fingerprint density at radius 1 is 0.972 bits per heavy atom. The van der Waals surface area contributed by atoms with Crippen molar-refractivity contribution in [3.63, 3.8) is 0 Å². The Morgan fingerprint density at radius 2 is 1.69 bits per heavy atom. The molecule has 8 nitrogen and oxygen atoms in total. The first-order valence-electron chi connectivity index (χ1n) is 12.0. The van der Waals surface area contributed by atoms with Gasteiger partial charge in [-0.3, -0.25) is 19.8 Å². The van der Waals surface area contributed by atoms with Crippen LogP contribution in [0.3, 0.4) is 0 Å². The molecule has 0 atom stereocenters. The van der Waals surface area contributed by atoms with E-state index < -0.39 is 0 Å². The third kappa shape index (κ3) is 5.69. The van der Waals surface area contributed by atoms with Crippen molar-refractivity contribution < 1.29 is 9.72 Å². The second kappa shape index (κ2) is 10.8. The topological polar surface area (TPSA) is 91.6 Å². The zero-order valence-electron chi connectivity index (χ0n) is 19.8. The number of aromatic nitrogens is 1. The van der Waals surface area contributed by atoms with Crippen LogP contribution >= 0.6 is 11.3 Å².